The van der Waals surface area contributed by atoms with Crippen molar-refractivity contribution in [1.82, 2.24) is 14.9 Å². The molecular weight excluding hydrogens is 410 g/mol. The van der Waals surface area contributed by atoms with Crippen LogP contribution in [-0.2, 0) is 4.79 Å². The molecule has 3 rings (SSSR count). The number of thioether (sulfide) groups is 1. The molecule has 0 aliphatic carbocycles. The van der Waals surface area contributed by atoms with Crippen molar-refractivity contribution >= 4 is 40.2 Å². The minimum Gasteiger partial charge on any atom is -0.495 e. The van der Waals surface area contributed by atoms with E-state index in [0.29, 0.717) is 32.5 Å². The maximum Gasteiger partial charge on any atom is 0.266 e. The summed E-state index contributed by atoms with van der Waals surface area (Å²) in [6.07, 6.45) is 0. The Kier molecular flexibility index (Phi) is 6.49. The number of hydrogen-bond acceptors (Lipinski definition) is 5. The van der Waals surface area contributed by atoms with Crippen LogP contribution >= 0.6 is 23.4 Å². The normalized spacial score (nSPS) is 12.2. The van der Waals surface area contributed by atoms with Gasteiger partial charge in [-0.2, -0.15) is 0 Å². The number of carbonyl (C=O) groups is 1. The van der Waals surface area contributed by atoms with Crippen LogP contribution in [0.25, 0.3) is 16.6 Å². The van der Waals surface area contributed by atoms with Crippen LogP contribution in [0, 0.1) is 0 Å². The summed E-state index contributed by atoms with van der Waals surface area (Å²) in [7, 11) is 1.53. The van der Waals surface area contributed by atoms with Crippen LogP contribution in [-0.4, -0.2) is 33.9 Å². The van der Waals surface area contributed by atoms with Crippen molar-refractivity contribution < 1.29 is 9.53 Å². The van der Waals surface area contributed by atoms with Crippen molar-refractivity contribution in [1.29, 1.82) is 0 Å². The number of para-hydroxylation sites is 1. The minimum atomic E-state index is -0.439. The topological polar surface area (TPSA) is 73.2 Å². The largest absolute Gasteiger partial charge is 0.495 e. The van der Waals surface area contributed by atoms with E-state index in [1.165, 1.54) is 23.4 Å². The lowest BCUT2D eigenvalue weighted by Crippen LogP contribution is -2.36. The second-order valence-electron chi connectivity index (χ2n) is 6.79. The lowest BCUT2D eigenvalue weighted by Gasteiger charge is -2.18. The van der Waals surface area contributed by atoms with E-state index in [0.717, 1.165) is 0 Å². The van der Waals surface area contributed by atoms with Crippen molar-refractivity contribution in [2.24, 2.45) is 0 Å². The van der Waals surface area contributed by atoms with Crippen LogP contribution in [0.1, 0.15) is 20.8 Å². The summed E-state index contributed by atoms with van der Waals surface area (Å²) in [6.45, 7) is 5.59. The van der Waals surface area contributed by atoms with Gasteiger partial charge in [-0.15, -0.1) is 0 Å². The zero-order valence-electron chi connectivity index (χ0n) is 16.6. The van der Waals surface area contributed by atoms with Gasteiger partial charge in [0.15, 0.2) is 5.16 Å². The van der Waals surface area contributed by atoms with E-state index in [-0.39, 0.29) is 17.5 Å². The third-order valence-corrected chi connectivity index (χ3v) is 5.57. The first kappa shape index (κ1) is 21.2. The first-order valence-corrected chi connectivity index (χ1v) is 10.4. The van der Waals surface area contributed by atoms with E-state index in [4.69, 9.17) is 16.3 Å². The van der Waals surface area contributed by atoms with Crippen LogP contribution < -0.4 is 15.6 Å². The molecule has 0 aliphatic rings. The third-order valence-electron chi connectivity index (χ3n) is 4.22. The lowest BCUT2D eigenvalue weighted by atomic mass is 10.2. The van der Waals surface area contributed by atoms with Crippen LogP contribution in [0.5, 0.6) is 5.75 Å². The number of carbonyl (C=O) groups excluding carboxylic acids is 1. The van der Waals surface area contributed by atoms with E-state index in [9.17, 15) is 9.59 Å². The van der Waals surface area contributed by atoms with Crippen molar-refractivity contribution in [3.05, 3.63) is 57.8 Å². The van der Waals surface area contributed by atoms with Gasteiger partial charge in [0.2, 0.25) is 5.91 Å². The molecular formula is C21H22ClN3O3S. The van der Waals surface area contributed by atoms with E-state index < -0.39 is 5.25 Å². The zero-order valence-corrected chi connectivity index (χ0v) is 18.2. The summed E-state index contributed by atoms with van der Waals surface area (Å²) < 4.78 is 6.69. The average Bonchev–Trinajstić information content (AvgIpc) is 2.67. The number of ether oxygens (including phenoxy) is 1. The molecule has 0 aliphatic heterocycles. The highest BCUT2D eigenvalue weighted by atomic mass is 35.5. The highest BCUT2D eigenvalue weighted by Crippen LogP contribution is 2.30. The Balaban J connectivity index is 2.15. The molecule has 1 amide bonds. The number of fused-ring (bicyclic) bond motifs is 1. The van der Waals surface area contributed by atoms with E-state index >= 15 is 0 Å². The summed E-state index contributed by atoms with van der Waals surface area (Å²) in [6, 6.07) is 12.3. The van der Waals surface area contributed by atoms with E-state index in [2.05, 4.69) is 10.3 Å². The molecule has 8 heteroatoms. The molecule has 29 heavy (non-hydrogen) atoms. The first-order chi connectivity index (χ1) is 13.8. The molecule has 6 nitrogen and oxygen atoms in total. The van der Waals surface area contributed by atoms with Gasteiger partial charge in [-0.3, -0.25) is 14.2 Å². The maximum atomic E-state index is 13.3. The second kappa shape index (κ2) is 8.88. The molecule has 0 spiro atoms. The Hall–Kier alpha value is -2.51. The number of hydrogen-bond donors (Lipinski definition) is 1. The smallest absolute Gasteiger partial charge is 0.266 e. The fourth-order valence-electron chi connectivity index (χ4n) is 2.83. The van der Waals surface area contributed by atoms with Gasteiger partial charge in [0.1, 0.15) is 5.75 Å². The van der Waals surface area contributed by atoms with Gasteiger partial charge in [-0.25, -0.2) is 4.98 Å². The summed E-state index contributed by atoms with van der Waals surface area (Å²) in [5.74, 6) is 0.391. The summed E-state index contributed by atoms with van der Waals surface area (Å²) >= 11 is 7.51. The van der Waals surface area contributed by atoms with Crippen LogP contribution in [0.15, 0.2) is 52.4 Å². The molecule has 0 bridgehead atoms. The van der Waals surface area contributed by atoms with Gasteiger partial charge < -0.3 is 10.1 Å². The maximum absolute atomic E-state index is 13.3. The number of nitrogens with zero attached hydrogens (tertiary/aromatic N) is 2. The zero-order chi connectivity index (χ0) is 21.1. The molecule has 3 aromatic rings. The van der Waals surface area contributed by atoms with Crippen molar-refractivity contribution in [2.75, 3.05) is 7.11 Å². The number of halogens is 1. The average molecular weight is 432 g/mol. The number of benzene rings is 2. The van der Waals surface area contributed by atoms with Crippen LogP contribution in [0.3, 0.4) is 0 Å². The van der Waals surface area contributed by atoms with Gasteiger partial charge in [0.25, 0.3) is 5.56 Å². The fraction of sp³-hybridized carbons (Fsp3) is 0.286. The molecule has 152 valence electrons. The molecule has 1 aromatic heterocycles. The molecule has 0 fully saturated rings. The van der Waals surface area contributed by atoms with Crippen LogP contribution in [0.4, 0.5) is 0 Å². The highest BCUT2D eigenvalue weighted by Gasteiger charge is 2.21. The van der Waals surface area contributed by atoms with Gasteiger partial charge >= 0.3 is 0 Å². The fourth-order valence-corrected chi connectivity index (χ4v) is 4.02. The standard InChI is InChI=1S/C21H22ClN3O3S/c1-12(2)23-19(26)13(3)29-21-24-17-8-6-5-7-15(17)20(27)25(21)14-9-10-18(28-4)16(22)11-14/h5-13H,1-4H3,(H,23,26). The van der Waals surface area contributed by atoms with Gasteiger partial charge in [0.05, 0.1) is 34.0 Å². The Bertz CT molecular complexity index is 1110. The van der Waals surface area contributed by atoms with Crippen molar-refractivity contribution in [3.63, 3.8) is 0 Å². The van der Waals surface area contributed by atoms with E-state index in [1.807, 2.05) is 19.9 Å². The van der Waals surface area contributed by atoms with Crippen molar-refractivity contribution in [3.8, 4) is 11.4 Å². The van der Waals surface area contributed by atoms with E-state index in [1.54, 1.807) is 43.3 Å². The minimum absolute atomic E-state index is 0.0256. The predicted molar refractivity (Wildman–Crippen MR) is 117 cm³/mol. The van der Waals surface area contributed by atoms with Crippen molar-refractivity contribution in [2.45, 2.75) is 37.2 Å². The van der Waals surface area contributed by atoms with Crippen LogP contribution in [0.2, 0.25) is 5.02 Å². The van der Waals surface area contributed by atoms with Gasteiger partial charge in [-0.1, -0.05) is 35.5 Å². The number of aromatic nitrogens is 2. The summed E-state index contributed by atoms with van der Waals surface area (Å²) in [4.78, 5) is 30.3. The number of methoxy groups -OCH3 is 1. The third kappa shape index (κ3) is 4.57. The monoisotopic (exact) mass is 431 g/mol. The molecule has 1 N–H and O–H groups in total. The number of amides is 1. The Morgan fingerprint density at radius 1 is 1.21 bits per heavy atom. The Morgan fingerprint density at radius 2 is 1.93 bits per heavy atom. The molecule has 1 heterocycles. The molecule has 1 unspecified atom stereocenters. The summed E-state index contributed by atoms with van der Waals surface area (Å²) in [5.41, 5.74) is 0.904. The predicted octanol–water partition coefficient (Wildman–Crippen LogP) is 4.05. The second-order valence-corrected chi connectivity index (χ2v) is 8.51. The number of rotatable bonds is 6. The molecule has 2 aromatic carbocycles. The Labute approximate surface area is 178 Å². The Morgan fingerprint density at radius 3 is 2.59 bits per heavy atom. The quantitative estimate of drug-likeness (QED) is 0.470. The number of nitrogens with one attached hydrogen (secondary N) is 1. The lowest BCUT2D eigenvalue weighted by molar-refractivity contribution is -0.120. The first-order valence-electron chi connectivity index (χ1n) is 9.14. The molecule has 0 saturated carbocycles. The summed E-state index contributed by atoms with van der Waals surface area (Å²) in [5, 5.41) is 3.73. The highest BCUT2D eigenvalue weighted by molar-refractivity contribution is 8.00. The van der Waals surface area contributed by atoms with Gasteiger partial charge in [0, 0.05) is 6.04 Å². The van der Waals surface area contributed by atoms with Gasteiger partial charge in [-0.05, 0) is 51.1 Å². The molecule has 0 radical (unpaired) electrons. The molecule has 1 atom stereocenters. The molecule has 0 saturated heterocycles. The SMILES string of the molecule is COc1ccc(-n2c(SC(C)C(=O)NC(C)C)nc3ccccc3c2=O)cc1Cl.